The zero-order valence-corrected chi connectivity index (χ0v) is 13.3. The third kappa shape index (κ3) is 12.7. The van der Waals surface area contributed by atoms with Gasteiger partial charge in [-0.1, -0.05) is 71.5 Å². The Kier molecular flexibility index (Phi) is 19.0. The molecule has 6 heteroatoms. The fraction of sp³-hybridized carbons (Fsp3) is 0.294. The van der Waals surface area contributed by atoms with Crippen LogP contribution < -0.4 is 0 Å². The number of non-ortho nitro benzene ring substituents is 2. The predicted octanol–water partition coefficient (Wildman–Crippen LogP) is 5.88. The summed E-state index contributed by atoms with van der Waals surface area (Å²) in [5, 5.41) is 20.0. The molecule has 0 N–H and O–H groups in total. The van der Waals surface area contributed by atoms with Crippen molar-refractivity contribution in [1.29, 1.82) is 0 Å². The van der Waals surface area contributed by atoms with Crippen molar-refractivity contribution in [3.8, 4) is 0 Å². The molecule has 128 valence electrons. The monoisotopic (exact) mass is 322 g/mol. The second-order valence-electron chi connectivity index (χ2n) is 3.19. The number of hydrogen-bond acceptors (Lipinski definition) is 4. The third-order valence-electron chi connectivity index (χ3n) is 1.93. The molecule has 0 aliphatic rings. The van der Waals surface area contributed by atoms with Crippen molar-refractivity contribution in [3.05, 3.63) is 80.9 Å². The summed E-state index contributed by atoms with van der Waals surface area (Å²) in [6.45, 7) is 8.00. The van der Waals surface area contributed by atoms with Gasteiger partial charge in [-0.25, -0.2) is 0 Å². The summed E-state index contributed by atoms with van der Waals surface area (Å²) in [5.74, 6) is 0. The summed E-state index contributed by atoms with van der Waals surface area (Å²) in [4.78, 5) is 19.2. The Labute approximate surface area is 138 Å². The fourth-order valence-electron chi connectivity index (χ4n) is 1.10. The Morgan fingerprint density at radius 3 is 0.957 bits per heavy atom. The highest BCUT2D eigenvalue weighted by Gasteiger charge is 1.99. The average Bonchev–Trinajstić information content (AvgIpc) is 2.60. The first-order chi connectivity index (χ1) is 10.6. The topological polar surface area (TPSA) is 86.3 Å². The summed E-state index contributed by atoms with van der Waals surface area (Å²) >= 11 is 0. The number of nitro groups is 2. The summed E-state index contributed by atoms with van der Waals surface area (Å²) in [6, 6.07) is 15.9. The van der Waals surface area contributed by atoms with Gasteiger partial charge in [0.15, 0.2) is 0 Å². The van der Waals surface area contributed by atoms with Gasteiger partial charge in [-0.2, -0.15) is 0 Å². The molecular formula is C17H26N2O4. The van der Waals surface area contributed by atoms with Crippen molar-refractivity contribution >= 4 is 11.4 Å². The summed E-state index contributed by atoms with van der Waals surface area (Å²) in [5.41, 5.74) is 0.273. The molecule has 23 heavy (non-hydrogen) atoms. The van der Waals surface area contributed by atoms with Crippen LogP contribution in [-0.4, -0.2) is 9.85 Å². The van der Waals surface area contributed by atoms with E-state index in [0.717, 1.165) is 0 Å². The van der Waals surface area contributed by atoms with Crippen LogP contribution in [0.1, 0.15) is 35.1 Å². The molecule has 0 fully saturated rings. The zero-order chi connectivity index (χ0) is 17.4. The van der Waals surface area contributed by atoms with Crippen LogP contribution in [0.25, 0.3) is 0 Å². The lowest BCUT2D eigenvalue weighted by Crippen LogP contribution is -1.84. The Bertz CT molecular complexity index is 467. The molecule has 0 saturated heterocycles. The highest BCUT2D eigenvalue weighted by atomic mass is 16.6. The molecule has 0 aliphatic carbocycles. The standard InChI is InChI=1S/2C6H5NO2.2C2H6.CH4/c2*8-7(9)6-4-2-1-3-5-6;2*1-2;/h2*1-5H;2*1-2H3;1H4. The molecule has 0 radical (unpaired) electrons. The van der Waals surface area contributed by atoms with Gasteiger partial charge in [-0.05, 0) is 0 Å². The van der Waals surface area contributed by atoms with Crippen molar-refractivity contribution in [2.75, 3.05) is 0 Å². The second kappa shape index (κ2) is 17.3. The minimum Gasteiger partial charge on any atom is -0.258 e. The van der Waals surface area contributed by atoms with Crippen LogP contribution in [-0.2, 0) is 0 Å². The van der Waals surface area contributed by atoms with E-state index in [-0.39, 0.29) is 18.8 Å². The van der Waals surface area contributed by atoms with Gasteiger partial charge in [0.2, 0.25) is 0 Å². The van der Waals surface area contributed by atoms with Crippen LogP contribution in [0, 0.1) is 20.2 Å². The van der Waals surface area contributed by atoms with E-state index in [1.807, 2.05) is 27.7 Å². The number of nitrogens with zero attached hydrogens (tertiary/aromatic N) is 2. The molecule has 0 unspecified atom stereocenters. The maximum Gasteiger partial charge on any atom is 0.269 e. The lowest BCUT2D eigenvalue weighted by Gasteiger charge is -1.85. The van der Waals surface area contributed by atoms with Crippen LogP contribution in [0.3, 0.4) is 0 Å². The predicted molar refractivity (Wildman–Crippen MR) is 95.6 cm³/mol. The fourth-order valence-corrected chi connectivity index (χ4v) is 1.10. The van der Waals surface area contributed by atoms with Crippen LogP contribution in [0.5, 0.6) is 0 Å². The van der Waals surface area contributed by atoms with E-state index in [1.54, 1.807) is 36.4 Å². The summed E-state index contributed by atoms with van der Waals surface area (Å²) in [6.07, 6.45) is 0. The van der Waals surface area contributed by atoms with Crippen LogP contribution in [0.15, 0.2) is 60.7 Å². The third-order valence-corrected chi connectivity index (χ3v) is 1.93. The molecule has 6 nitrogen and oxygen atoms in total. The second-order valence-corrected chi connectivity index (χ2v) is 3.19. The molecule has 0 atom stereocenters. The van der Waals surface area contributed by atoms with Crippen LogP contribution in [0.2, 0.25) is 0 Å². The van der Waals surface area contributed by atoms with Crippen molar-refractivity contribution in [2.24, 2.45) is 0 Å². The van der Waals surface area contributed by atoms with Gasteiger partial charge in [-0.3, -0.25) is 20.2 Å². The molecule has 0 aliphatic heterocycles. The van der Waals surface area contributed by atoms with Gasteiger partial charge in [0, 0.05) is 24.3 Å². The Morgan fingerprint density at radius 2 is 0.826 bits per heavy atom. The SMILES string of the molecule is C.CC.CC.O=[N+]([O-])c1ccccc1.O=[N+]([O-])c1ccccc1. The molecule has 0 spiro atoms. The first-order valence-corrected chi connectivity index (χ1v) is 7.00. The maximum absolute atomic E-state index is 10.0. The van der Waals surface area contributed by atoms with E-state index in [2.05, 4.69) is 0 Å². The van der Waals surface area contributed by atoms with Crippen molar-refractivity contribution in [1.82, 2.24) is 0 Å². The molecule has 0 amide bonds. The van der Waals surface area contributed by atoms with Gasteiger partial charge in [0.05, 0.1) is 9.85 Å². The molecule has 0 bridgehead atoms. The van der Waals surface area contributed by atoms with E-state index in [9.17, 15) is 20.2 Å². The lowest BCUT2D eigenvalue weighted by molar-refractivity contribution is -0.385. The number of para-hydroxylation sites is 2. The van der Waals surface area contributed by atoms with Crippen LogP contribution >= 0.6 is 0 Å². The van der Waals surface area contributed by atoms with E-state index in [0.29, 0.717) is 0 Å². The molecule has 2 aromatic rings. The Balaban J connectivity index is -0.000000276. The molecule has 0 aromatic heterocycles. The van der Waals surface area contributed by atoms with Gasteiger partial charge in [-0.15, -0.1) is 0 Å². The number of hydrogen-bond donors (Lipinski definition) is 0. The number of nitro benzene ring substituents is 2. The van der Waals surface area contributed by atoms with Gasteiger partial charge in [0.25, 0.3) is 11.4 Å². The number of benzene rings is 2. The van der Waals surface area contributed by atoms with Gasteiger partial charge >= 0.3 is 0 Å². The minimum absolute atomic E-state index is 0. The lowest BCUT2D eigenvalue weighted by atomic mass is 10.3. The van der Waals surface area contributed by atoms with Crippen molar-refractivity contribution < 1.29 is 9.85 Å². The highest BCUT2D eigenvalue weighted by molar-refractivity contribution is 5.28. The van der Waals surface area contributed by atoms with E-state index in [4.69, 9.17) is 0 Å². The largest absolute Gasteiger partial charge is 0.269 e. The average molecular weight is 322 g/mol. The van der Waals surface area contributed by atoms with Crippen molar-refractivity contribution in [3.63, 3.8) is 0 Å². The first-order valence-electron chi connectivity index (χ1n) is 7.00. The molecule has 2 aromatic carbocycles. The van der Waals surface area contributed by atoms with E-state index in [1.165, 1.54) is 24.3 Å². The smallest absolute Gasteiger partial charge is 0.258 e. The van der Waals surface area contributed by atoms with E-state index >= 15 is 0 Å². The molecule has 2 rings (SSSR count). The molecule has 0 heterocycles. The van der Waals surface area contributed by atoms with Crippen LogP contribution in [0.4, 0.5) is 11.4 Å². The Morgan fingerprint density at radius 1 is 0.609 bits per heavy atom. The number of rotatable bonds is 2. The van der Waals surface area contributed by atoms with E-state index < -0.39 is 9.85 Å². The molecular weight excluding hydrogens is 296 g/mol. The normalized spacial score (nSPS) is 7.48. The Hall–Kier alpha value is -2.76. The summed E-state index contributed by atoms with van der Waals surface area (Å²) < 4.78 is 0. The molecule has 0 saturated carbocycles. The maximum atomic E-state index is 10.0. The van der Waals surface area contributed by atoms with Gasteiger partial charge in [0.1, 0.15) is 0 Å². The van der Waals surface area contributed by atoms with Gasteiger partial charge < -0.3 is 0 Å². The summed E-state index contributed by atoms with van der Waals surface area (Å²) in [7, 11) is 0. The quantitative estimate of drug-likeness (QED) is 0.510. The minimum atomic E-state index is -0.417. The van der Waals surface area contributed by atoms with Crippen molar-refractivity contribution in [2.45, 2.75) is 35.1 Å². The highest BCUT2D eigenvalue weighted by Crippen LogP contribution is 2.07. The first kappa shape index (κ1) is 25.2. The zero-order valence-electron chi connectivity index (χ0n) is 13.3.